The van der Waals surface area contributed by atoms with Crippen LogP contribution < -0.4 is 5.32 Å². The first-order valence-corrected chi connectivity index (χ1v) is 6.01. The minimum absolute atomic E-state index is 0.151. The summed E-state index contributed by atoms with van der Waals surface area (Å²) in [4.78, 5) is 11.4. The SMILES string of the molecule is CNCc1cc([N+](=O)[O-])ccc1SC(C)C. The molecule has 1 aromatic carbocycles. The quantitative estimate of drug-likeness (QED) is 0.488. The zero-order chi connectivity index (χ0) is 12.1. The fraction of sp³-hybridized carbons (Fsp3) is 0.455. The third-order valence-electron chi connectivity index (χ3n) is 1.98. The van der Waals surface area contributed by atoms with E-state index in [4.69, 9.17) is 0 Å². The number of hydrogen-bond acceptors (Lipinski definition) is 4. The summed E-state index contributed by atoms with van der Waals surface area (Å²) >= 11 is 1.72. The van der Waals surface area contributed by atoms with Crippen LogP contribution in [0.4, 0.5) is 5.69 Å². The third kappa shape index (κ3) is 3.50. The van der Waals surface area contributed by atoms with Crippen molar-refractivity contribution in [2.24, 2.45) is 0 Å². The molecular weight excluding hydrogens is 224 g/mol. The van der Waals surface area contributed by atoms with Crippen molar-refractivity contribution in [2.45, 2.75) is 30.5 Å². The van der Waals surface area contributed by atoms with Crippen LogP contribution in [0.15, 0.2) is 23.1 Å². The number of thioether (sulfide) groups is 1. The van der Waals surface area contributed by atoms with Crippen molar-refractivity contribution in [1.29, 1.82) is 0 Å². The van der Waals surface area contributed by atoms with E-state index in [1.165, 1.54) is 0 Å². The number of hydrogen-bond donors (Lipinski definition) is 1. The van der Waals surface area contributed by atoms with Gasteiger partial charge in [0, 0.05) is 28.8 Å². The number of non-ortho nitro benzene ring substituents is 1. The largest absolute Gasteiger partial charge is 0.316 e. The van der Waals surface area contributed by atoms with Gasteiger partial charge in [0.05, 0.1) is 4.92 Å². The molecule has 0 radical (unpaired) electrons. The Hall–Kier alpha value is -1.07. The van der Waals surface area contributed by atoms with Gasteiger partial charge < -0.3 is 5.32 Å². The Morgan fingerprint density at radius 2 is 2.19 bits per heavy atom. The molecule has 88 valence electrons. The van der Waals surface area contributed by atoms with Gasteiger partial charge in [0.2, 0.25) is 0 Å². The topological polar surface area (TPSA) is 55.2 Å². The lowest BCUT2D eigenvalue weighted by Crippen LogP contribution is -2.07. The molecule has 4 nitrogen and oxygen atoms in total. The fourth-order valence-electron chi connectivity index (χ4n) is 1.38. The van der Waals surface area contributed by atoms with E-state index in [1.54, 1.807) is 23.9 Å². The van der Waals surface area contributed by atoms with Gasteiger partial charge in [0.15, 0.2) is 0 Å². The molecule has 0 saturated heterocycles. The summed E-state index contributed by atoms with van der Waals surface area (Å²) in [5.74, 6) is 0. The smallest absolute Gasteiger partial charge is 0.269 e. The fourth-order valence-corrected chi connectivity index (χ4v) is 2.31. The molecule has 0 aromatic heterocycles. The molecule has 0 amide bonds. The molecule has 1 rings (SSSR count). The first-order chi connectivity index (χ1) is 7.54. The van der Waals surface area contributed by atoms with Gasteiger partial charge in [-0.05, 0) is 18.7 Å². The minimum Gasteiger partial charge on any atom is -0.316 e. The predicted molar refractivity (Wildman–Crippen MR) is 66.9 cm³/mol. The van der Waals surface area contributed by atoms with E-state index in [-0.39, 0.29) is 10.6 Å². The number of nitrogens with zero attached hydrogens (tertiary/aromatic N) is 1. The molecule has 0 aliphatic carbocycles. The van der Waals surface area contributed by atoms with Crippen LogP contribution in [0, 0.1) is 10.1 Å². The molecular formula is C11H16N2O2S. The molecule has 0 atom stereocenters. The van der Waals surface area contributed by atoms with E-state index in [9.17, 15) is 10.1 Å². The Morgan fingerprint density at radius 3 is 2.69 bits per heavy atom. The highest BCUT2D eigenvalue weighted by atomic mass is 32.2. The van der Waals surface area contributed by atoms with Crippen LogP contribution in [-0.2, 0) is 6.54 Å². The average Bonchev–Trinajstić information content (AvgIpc) is 2.20. The molecule has 1 N–H and O–H groups in total. The van der Waals surface area contributed by atoms with Gasteiger partial charge in [-0.3, -0.25) is 10.1 Å². The first-order valence-electron chi connectivity index (χ1n) is 5.13. The van der Waals surface area contributed by atoms with Crippen LogP contribution in [-0.4, -0.2) is 17.2 Å². The summed E-state index contributed by atoms with van der Waals surface area (Å²) in [6, 6.07) is 5.03. The van der Waals surface area contributed by atoms with Crippen LogP contribution >= 0.6 is 11.8 Å². The third-order valence-corrected chi connectivity index (χ3v) is 3.11. The molecule has 0 fully saturated rings. The van der Waals surface area contributed by atoms with Crippen LogP contribution in [0.2, 0.25) is 0 Å². The molecule has 0 heterocycles. The second kappa shape index (κ2) is 5.86. The molecule has 0 spiro atoms. The van der Waals surface area contributed by atoms with Crippen molar-refractivity contribution in [1.82, 2.24) is 5.32 Å². The second-order valence-electron chi connectivity index (χ2n) is 3.75. The average molecular weight is 240 g/mol. The summed E-state index contributed by atoms with van der Waals surface area (Å²) in [5.41, 5.74) is 1.13. The Labute approximate surface area is 99.6 Å². The highest BCUT2D eigenvalue weighted by molar-refractivity contribution is 8.00. The van der Waals surface area contributed by atoms with Gasteiger partial charge in [-0.2, -0.15) is 0 Å². The molecule has 16 heavy (non-hydrogen) atoms. The molecule has 0 aliphatic heterocycles. The lowest BCUT2D eigenvalue weighted by Gasteiger charge is -2.10. The molecule has 0 aliphatic rings. The molecule has 5 heteroatoms. The first kappa shape index (κ1) is 13.0. The summed E-state index contributed by atoms with van der Waals surface area (Å²) in [6.45, 7) is 4.86. The van der Waals surface area contributed by atoms with Gasteiger partial charge in [-0.25, -0.2) is 0 Å². The number of benzene rings is 1. The van der Waals surface area contributed by atoms with Crippen molar-refractivity contribution in [3.8, 4) is 0 Å². The normalized spacial score (nSPS) is 10.8. The van der Waals surface area contributed by atoms with E-state index in [0.717, 1.165) is 10.5 Å². The van der Waals surface area contributed by atoms with E-state index in [0.29, 0.717) is 11.8 Å². The second-order valence-corrected chi connectivity index (χ2v) is 5.36. The summed E-state index contributed by atoms with van der Waals surface area (Å²) in [7, 11) is 1.84. The molecule has 0 bridgehead atoms. The Kier molecular flexibility index (Phi) is 4.76. The zero-order valence-electron chi connectivity index (χ0n) is 9.69. The number of nitro groups is 1. The monoisotopic (exact) mass is 240 g/mol. The van der Waals surface area contributed by atoms with Crippen molar-refractivity contribution in [2.75, 3.05) is 7.05 Å². The van der Waals surface area contributed by atoms with E-state index >= 15 is 0 Å². The Balaban J connectivity index is 3.03. The van der Waals surface area contributed by atoms with E-state index in [2.05, 4.69) is 19.2 Å². The lowest BCUT2D eigenvalue weighted by molar-refractivity contribution is -0.385. The summed E-state index contributed by atoms with van der Waals surface area (Å²) in [5, 5.41) is 14.2. The Bertz CT molecular complexity index is 380. The van der Waals surface area contributed by atoms with Gasteiger partial charge in [-0.15, -0.1) is 11.8 Å². The number of rotatable bonds is 5. The number of nitrogens with one attached hydrogen (secondary N) is 1. The lowest BCUT2D eigenvalue weighted by atomic mass is 10.2. The van der Waals surface area contributed by atoms with Gasteiger partial charge in [0.1, 0.15) is 0 Å². The van der Waals surface area contributed by atoms with Gasteiger partial charge in [0.25, 0.3) is 5.69 Å². The van der Waals surface area contributed by atoms with Gasteiger partial charge >= 0.3 is 0 Å². The van der Waals surface area contributed by atoms with E-state index in [1.807, 2.05) is 13.1 Å². The van der Waals surface area contributed by atoms with Crippen LogP contribution in [0.5, 0.6) is 0 Å². The summed E-state index contributed by atoms with van der Waals surface area (Å²) in [6.07, 6.45) is 0. The maximum atomic E-state index is 10.7. The maximum absolute atomic E-state index is 10.7. The molecule has 0 unspecified atom stereocenters. The van der Waals surface area contributed by atoms with Crippen molar-refractivity contribution >= 4 is 17.4 Å². The zero-order valence-corrected chi connectivity index (χ0v) is 10.5. The van der Waals surface area contributed by atoms with Crippen LogP contribution in [0.1, 0.15) is 19.4 Å². The highest BCUT2D eigenvalue weighted by Crippen LogP contribution is 2.29. The summed E-state index contributed by atoms with van der Waals surface area (Å²) < 4.78 is 0. The predicted octanol–water partition coefficient (Wildman–Crippen LogP) is 2.81. The molecule has 1 aromatic rings. The van der Waals surface area contributed by atoms with Crippen LogP contribution in [0.3, 0.4) is 0 Å². The van der Waals surface area contributed by atoms with Crippen molar-refractivity contribution < 1.29 is 4.92 Å². The maximum Gasteiger partial charge on any atom is 0.269 e. The minimum atomic E-state index is -0.358. The van der Waals surface area contributed by atoms with Crippen molar-refractivity contribution in [3.05, 3.63) is 33.9 Å². The molecule has 0 saturated carbocycles. The Morgan fingerprint density at radius 1 is 1.50 bits per heavy atom. The standard InChI is InChI=1S/C11H16N2O2S/c1-8(2)16-11-5-4-10(13(14)15)6-9(11)7-12-3/h4-6,8,12H,7H2,1-3H3. The van der Waals surface area contributed by atoms with Gasteiger partial charge in [-0.1, -0.05) is 13.8 Å². The number of nitro benzene ring substituents is 1. The van der Waals surface area contributed by atoms with Crippen LogP contribution in [0.25, 0.3) is 0 Å². The van der Waals surface area contributed by atoms with Crippen molar-refractivity contribution in [3.63, 3.8) is 0 Å². The highest BCUT2D eigenvalue weighted by Gasteiger charge is 2.11. The van der Waals surface area contributed by atoms with E-state index < -0.39 is 0 Å².